The van der Waals surface area contributed by atoms with Gasteiger partial charge in [0, 0.05) is 26.9 Å². The zero-order chi connectivity index (χ0) is 34.2. The van der Waals surface area contributed by atoms with E-state index in [0.29, 0.717) is 0 Å². The highest BCUT2D eigenvalue weighted by atomic mass is 16.3. The van der Waals surface area contributed by atoms with Crippen LogP contribution in [0, 0.1) is 0 Å². The predicted molar refractivity (Wildman–Crippen MR) is 218 cm³/mol. The molecule has 0 spiro atoms. The summed E-state index contributed by atoms with van der Waals surface area (Å²) in [4.78, 5) is 0. The average molecular weight is 663 g/mol. The van der Waals surface area contributed by atoms with E-state index in [2.05, 4.69) is 170 Å². The van der Waals surface area contributed by atoms with Gasteiger partial charge in [0.1, 0.15) is 22.3 Å². The third-order valence-electron chi connectivity index (χ3n) is 10.6. The predicted octanol–water partition coefficient (Wildman–Crippen LogP) is 14.5. The number of rotatable bonds is 4. The Morgan fingerprint density at radius 3 is 1.71 bits per heavy atom. The molecule has 0 atom stereocenters. The van der Waals surface area contributed by atoms with Gasteiger partial charge in [0.2, 0.25) is 0 Å². The van der Waals surface area contributed by atoms with E-state index in [0.717, 1.165) is 76.9 Å². The van der Waals surface area contributed by atoms with Crippen molar-refractivity contribution in [2.24, 2.45) is 0 Å². The summed E-state index contributed by atoms with van der Waals surface area (Å²) in [5.74, 6) is 0. The molecule has 9 aromatic carbocycles. The monoisotopic (exact) mass is 662 g/mol. The Hall–Kier alpha value is -6.90. The standard InChI is InChI=1S/C50H30O2/c1-2-12-31(13-3-1)35-25-36(34-23-22-32-14-4-5-15-33(32)24-34)27-37(26-35)44-28-38(29-48-49(44)42-19-9-11-21-47(42)51-48)43-30-45-40-17-8-10-20-46(40)52-50(45)41-18-7-6-16-39(41)43/h1-30H. The van der Waals surface area contributed by atoms with Crippen molar-refractivity contribution in [1.82, 2.24) is 0 Å². The Morgan fingerprint density at radius 2 is 0.885 bits per heavy atom. The maximum Gasteiger partial charge on any atom is 0.143 e. The summed E-state index contributed by atoms with van der Waals surface area (Å²) in [5, 5.41) is 9.16. The van der Waals surface area contributed by atoms with E-state index in [1.54, 1.807) is 0 Å². The number of hydrogen-bond acceptors (Lipinski definition) is 2. The van der Waals surface area contributed by atoms with Crippen LogP contribution in [0.4, 0.5) is 0 Å². The molecule has 11 rings (SSSR count). The van der Waals surface area contributed by atoms with Crippen LogP contribution >= 0.6 is 0 Å². The second-order valence-electron chi connectivity index (χ2n) is 13.7. The Balaban J connectivity index is 1.23. The van der Waals surface area contributed by atoms with Crippen molar-refractivity contribution < 1.29 is 8.83 Å². The van der Waals surface area contributed by atoms with Gasteiger partial charge < -0.3 is 8.83 Å². The largest absolute Gasteiger partial charge is 0.456 e. The molecule has 11 aromatic rings. The van der Waals surface area contributed by atoms with Crippen molar-refractivity contribution in [3.05, 3.63) is 182 Å². The lowest BCUT2D eigenvalue weighted by Crippen LogP contribution is -1.89. The zero-order valence-electron chi connectivity index (χ0n) is 28.1. The normalized spacial score (nSPS) is 11.8. The average Bonchev–Trinajstić information content (AvgIpc) is 3.79. The molecular weight excluding hydrogens is 633 g/mol. The molecule has 52 heavy (non-hydrogen) atoms. The molecule has 0 bridgehead atoms. The Kier molecular flexibility index (Phi) is 6.28. The van der Waals surface area contributed by atoms with Crippen molar-refractivity contribution in [3.63, 3.8) is 0 Å². The second-order valence-corrected chi connectivity index (χ2v) is 13.7. The number of para-hydroxylation sites is 2. The molecule has 0 fully saturated rings. The van der Waals surface area contributed by atoms with Gasteiger partial charge in [-0.2, -0.15) is 0 Å². The van der Waals surface area contributed by atoms with Crippen molar-refractivity contribution >= 4 is 65.4 Å². The van der Waals surface area contributed by atoms with Crippen LogP contribution in [-0.4, -0.2) is 0 Å². The fraction of sp³-hybridized carbons (Fsp3) is 0. The molecule has 0 aliphatic heterocycles. The fourth-order valence-corrected chi connectivity index (χ4v) is 8.14. The molecule has 2 aromatic heterocycles. The minimum atomic E-state index is 0.868. The van der Waals surface area contributed by atoms with Gasteiger partial charge in [-0.15, -0.1) is 0 Å². The van der Waals surface area contributed by atoms with Crippen LogP contribution < -0.4 is 0 Å². The maximum atomic E-state index is 6.69. The van der Waals surface area contributed by atoms with Gasteiger partial charge in [-0.05, 0) is 115 Å². The molecule has 242 valence electrons. The van der Waals surface area contributed by atoms with Gasteiger partial charge in [0.25, 0.3) is 0 Å². The highest BCUT2D eigenvalue weighted by molar-refractivity contribution is 6.20. The molecule has 2 nitrogen and oxygen atoms in total. The van der Waals surface area contributed by atoms with E-state index < -0.39 is 0 Å². The fourth-order valence-electron chi connectivity index (χ4n) is 8.14. The second kappa shape index (κ2) is 11.3. The lowest BCUT2D eigenvalue weighted by Gasteiger charge is -2.15. The third kappa shape index (κ3) is 4.51. The third-order valence-corrected chi connectivity index (χ3v) is 10.6. The van der Waals surface area contributed by atoms with E-state index in [4.69, 9.17) is 8.83 Å². The van der Waals surface area contributed by atoms with Gasteiger partial charge >= 0.3 is 0 Å². The molecule has 0 unspecified atom stereocenters. The molecule has 0 aliphatic rings. The van der Waals surface area contributed by atoms with Crippen molar-refractivity contribution in [3.8, 4) is 44.5 Å². The van der Waals surface area contributed by atoms with Crippen LogP contribution in [0.5, 0.6) is 0 Å². The lowest BCUT2D eigenvalue weighted by atomic mass is 9.88. The summed E-state index contributed by atoms with van der Waals surface area (Å²) in [6.45, 7) is 0. The number of hydrogen-bond donors (Lipinski definition) is 0. The van der Waals surface area contributed by atoms with Crippen LogP contribution in [0.15, 0.2) is 191 Å². The first-order chi connectivity index (χ1) is 25.7. The van der Waals surface area contributed by atoms with E-state index >= 15 is 0 Å². The molecule has 2 heterocycles. The smallest absolute Gasteiger partial charge is 0.143 e. The minimum Gasteiger partial charge on any atom is -0.456 e. The quantitative estimate of drug-likeness (QED) is 0.187. The van der Waals surface area contributed by atoms with Gasteiger partial charge in [-0.25, -0.2) is 0 Å². The van der Waals surface area contributed by atoms with E-state index in [1.807, 2.05) is 12.1 Å². The molecule has 0 saturated heterocycles. The molecular formula is C50H30O2. The minimum absolute atomic E-state index is 0.868. The molecule has 0 amide bonds. The first-order valence-corrected chi connectivity index (χ1v) is 17.7. The number of furan rings is 2. The summed E-state index contributed by atoms with van der Waals surface area (Å²) in [5.41, 5.74) is 12.8. The first-order valence-electron chi connectivity index (χ1n) is 17.7. The van der Waals surface area contributed by atoms with E-state index in [9.17, 15) is 0 Å². The SMILES string of the molecule is c1ccc(-c2cc(-c3ccc4ccccc4c3)cc(-c3cc(-c4cc5c6ccccc6oc5c5ccccc45)cc4oc5ccccc5c34)c2)cc1. The molecule has 0 saturated carbocycles. The first kappa shape index (κ1) is 28.9. The summed E-state index contributed by atoms with van der Waals surface area (Å²) < 4.78 is 13.2. The topological polar surface area (TPSA) is 26.3 Å². The highest BCUT2D eigenvalue weighted by Gasteiger charge is 2.20. The lowest BCUT2D eigenvalue weighted by molar-refractivity contribution is 0.669. The van der Waals surface area contributed by atoms with E-state index in [-0.39, 0.29) is 0 Å². The molecule has 2 heteroatoms. The van der Waals surface area contributed by atoms with Gasteiger partial charge in [0.15, 0.2) is 0 Å². The maximum absolute atomic E-state index is 6.69. The summed E-state index contributed by atoms with van der Waals surface area (Å²) in [7, 11) is 0. The Bertz CT molecular complexity index is 3180. The van der Waals surface area contributed by atoms with Gasteiger partial charge in [0.05, 0.1) is 0 Å². The summed E-state index contributed by atoms with van der Waals surface area (Å²) in [6, 6.07) is 65.2. The molecule has 0 radical (unpaired) electrons. The van der Waals surface area contributed by atoms with Crippen molar-refractivity contribution in [1.29, 1.82) is 0 Å². The van der Waals surface area contributed by atoms with Crippen LogP contribution in [0.2, 0.25) is 0 Å². The zero-order valence-corrected chi connectivity index (χ0v) is 28.1. The van der Waals surface area contributed by atoms with Crippen LogP contribution in [0.25, 0.3) is 110 Å². The van der Waals surface area contributed by atoms with Crippen LogP contribution in [0.3, 0.4) is 0 Å². The van der Waals surface area contributed by atoms with E-state index in [1.165, 1.54) is 33.0 Å². The number of fused-ring (bicyclic) bond motifs is 9. The van der Waals surface area contributed by atoms with Gasteiger partial charge in [-0.1, -0.05) is 127 Å². The molecule has 0 aliphatic carbocycles. The summed E-state index contributed by atoms with van der Waals surface area (Å²) >= 11 is 0. The van der Waals surface area contributed by atoms with Crippen LogP contribution in [-0.2, 0) is 0 Å². The highest BCUT2D eigenvalue weighted by Crippen LogP contribution is 2.45. The van der Waals surface area contributed by atoms with Crippen molar-refractivity contribution in [2.75, 3.05) is 0 Å². The Morgan fingerprint density at radius 1 is 0.269 bits per heavy atom. The number of benzene rings is 9. The Labute approximate surface area is 299 Å². The van der Waals surface area contributed by atoms with Crippen molar-refractivity contribution in [2.45, 2.75) is 0 Å². The van der Waals surface area contributed by atoms with Gasteiger partial charge in [-0.3, -0.25) is 0 Å². The summed E-state index contributed by atoms with van der Waals surface area (Å²) in [6.07, 6.45) is 0. The van der Waals surface area contributed by atoms with Crippen LogP contribution in [0.1, 0.15) is 0 Å². The molecule has 0 N–H and O–H groups in total.